The van der Waals surface area contributed by atoms with Crippen LogP contribution >= 0.6 is 0 Å². The number of piperazine rings is 1. The van der Waals surface area contributed by atoms with E-state index in [9.17, 15) is 10.1 Å². The van der Waals surface area contributed by atoms with Crippen LogP contribution < -0.4 is 0 Å². The normalized spacial score (nSPS) is 36.4. The summed E-state index contributed by atoms with van der Waals surface area (Å²) in [6.07, 6.45) is 7.55. The molecule has 0 N–H and O–H groups in total. The Hall–Kier alpha value is -1.86. The van der Waals surface area contributed by atoms with Gasteiger partial charge in [0.05, 0.1) is 11.5 Å². The lowest BCUT2D eigenvalue weighted by molar-refractivity contribution is -0.159. The molecule has 0 unspecified atom stereocenters. The molecule has 1 atom stereocenters. The van der Waals surface area contributed by atoms with E-state index in [4.69, 9.17) is 0 Å². The number of carbonyl (C=O) groups excluding carboxylic acids is 1. The molecule has 6 rings (SSSR count). The van der Waals surface area contributed by atoms with Crippen molar-refractivity contribution in [3.05, 3.63) is 35.9 Å². The van der Waals surface area contributed by atoms with E-state index in [2.05, 4.69) is 15.9 Å². The van der Waals surface area contributed by atoms with Gasteiger partial charge in [-0.15, -0.1) is 0 Å². The molecule has 4 aliphatic carbocycles. The average molecular weight is 364 g/mol. The fourth-order valence-electron chi connectivity index (χ4n) is 6.89. The van der Waals surface area contributed by atoms with Crippen molar-refractivity contribution in [3.8, 4) is 6.07 Å². The fraction of sp³-hybridized carbons (Fsp3) is 0.652. The molecular formula is C23H29N3O. The van der Waals surface area contributed by atoms with Gasteiger partial charge < -0.3 is 4.90 Å². The Balaban J connectivity index is 1.26. The molecule has 1 aromatic carbocycles. The quantitative estimate of drug-likeness (QED) is 0.824. The molecule has 0 radical (unpaired) electrons. The van der Waals surface area contributed by atoms with Crippen molar-refractivity contribution >= 4 is 5.91 Å². The summed E-state index contributed by atoms with van der Waals surface area (Å²) in [4.78, 5) is 17.9. The van der Waals surface area contributed by atoms with Gasteiger partial charge in [-0.1, -0.05) is 30.3 Å². The third-order valence-electron chi connectivity index (χ3n) is 7.70. The number of carbonyl (C=O) groups is 1. The second-order valence-corrected chi connectivity index (χ2v) is 9.47. The van der Waals surface area contributed by atoms with E-state index in [-0.39, 0.29) is 11.5 Å². The molecular weight excluding hydrogens is 334 g/mol. The molecule has 0 spiro atoms. The first-order valence-corrected chi connectivity index (χ1v) is 10.6. The molecule has 1 heterocycles. The Bertz CT molecular complexity index is 709. The topological polar surface area (TPSA) is 47.3 Å². The summed E-state index contributed by atoms with van der Waals surface area (Å²) < 4.78 is 0. The van der Waals surface area contributed by atoms with Crippen LogP contribution in [0.1, 0.15) is 50.1 Å². The summed E-state index contributed by atoms with van der Waals surface area (Å²) in [6, 6.07) is 12.3. The second-order valence-electron chi connectivity index (χ2n) is 9.47. The van der Waals surface area contributed by atoms with Crippen molar-refractivity contribution in [3.63, 3.8) is 0 Å². The van der Waals surface area contributed by atoms with Gasteiger partial charge in [0.15, 0.2) is 0 Å². The standard InChI is InChI=1S/C23H29N3O/c24-16-21(20-4-2-1-3-5-20)25-6-8-26(9-7-25)22(27)23-13-17-10-18(14-23)12-19(11-17)15-23/h1-5,17-19,21H,6-15H2/t17?,18?,19?,21-,23?/m1/s1. The van der Waals surface area contributed by atoms with Gasteiger partial charge >= 0.3 is 0 Å². The van der Waals surface area contributed by atoms with E-state index >= 15 is 0 Å². The molecule has 4 saturated carbocycles. The van der Waals surface area contributed by atoms with Gasteiger partial charge in [-0.25, -0.2) is 0 Å². The van der Waals surface area contributed by atoms with Crippen LogP contribution in [0, 0.1) is 34.5 Å². The van der Waals surface area contributed by atoms with Crippen LogP contribution in [0.15, 0.2) is 30.3 Å². The first-order valence-electron chi connectivity index (χ1n) is 10.6. The van der Waals surface area contributed by atoms with Crippen molar-refractivity contribution in [2.24, 2.45) is 23.2 Å². The van der Waals surface area contributed by atoms with Gasteiger partial charge in [-0.2, -0.15) is 5.26 Å². The molecule has 142 valence electrons. The minimum Gasteiger partial charge on any atom is -0.340 e. The van der Waals surface area contributed by atoms with Gasteiger partial charge in [-0.05, 0) is 61.8 Å². The highest BCUT2D eigenvalue weighted by Crippen LogP contribution is 2.60. The van der Waals surface area contributed by atoms with Crippen LogP contribution in [0.3, 0.4) is 0 Å². The lowest BCUT2D eigenvalue weighted by atomic mass is 9.49. The van der Waals surface area contributed by atoms with Gasteiger partial charge in [0.25, 0.3) is 0 Å². The average Bonchev–Trinajstić information content (AvgIpc) is 2.68. The second kappa shape index (κ2) is 6.63. The van der Waals surface area contributed by atoms with Gasteiger partial charge in [-0.3, -0.25) is 9.69 Å². The van der Waals surface area contributed by atoms with Crippen molar-refractivity contribution < 1.29 is 4.79 Å². The maximum Gasteiger partial charge on any atom is 0.228 e. The molecule has 4 heteroatoms. The summed E-state index contributed by atoms with van der Waals surface area (Å²) in [7, 11) is 0. The monoisotopic (exact) mass is 363 g/mol. The third-order valence-corrected chi connectivity index (χ3v) is 7.70. The number of amides is 1. The lowest BCUT2D eigenvalue weighted by Crippen LogP contribution is -2.58. The zero-order valence-corrected chi connectivity index (χ0v) is 16.0. The number of nitrogens with zero attached hydrogens (tertiary/aromatic N) is 3. The molecule has 1 aliphatic heterocycles. The zero-order valence-electron chi connectivity index (χ0n) is 16.0. The van der Waals surface area contributed by atoms with Gasteiger partial charge in [0.2, 0.25) is 5.91 Å². The maximum atomic E-state index is 13.5. The predicted molar refractivity (Wildman–Crippen MR) is 104 cm³/mol. The van der Waals surface area contributed by atoms with Gasteiger partial charge in [0.1, 0.15) is 6.04 Å². The summed E-state index contributed by atoms with van der Waals surface area (Å²) in [5, 5.41) is 9.69. The van der Waals surface area contributed by atoms with E-state index in [1.54, 1.807) is 0 Å². The first kappa shape index (κ1) is 17.3. The summed E-state index contributed by atoms with van der Waals surface area (Å²) in [6.45, 7) is 3.13. The van der Waals surface area contributed by atoms with Crippen LogP contribution in [0.5, 0.6) is 0 Å². The Morgan fingerprint density at radius 2 is 1.52 bits per heavy atom. The number of rotatable bonds is 3. The van der Waals surface area contributed by atoms with E-state index in [0.717, 1.165) is 68.8 Å². The van der Waals surface area contributed by atoms with Crippen molar-refractivity contribution in [2.45, 2.75) is 44.6 Å². The van der Waals surface area contributed by atoms with E-state index in [0.29, 0.717) is 5.91 Å². The van der Waals surface area contributed by atoms with Crippen LogP contribution in [0.2, 0.25) is 0 Å². The van der Waals surface area contributed by atoms with E-state index in [1.807, 2.05) is 30.3 Å². The molecule has 5 aliphatic rings. The molecule has 27 heavy (non-hydrogen) atoms. The van der Waals surface area contributed by atoms with Gasteiger partial charge in [0, 0.05) is 26.2 Å². The number of hydrogen-bond acceptors (Lipinski definition) is 3. The maximum absolute atomic E-state index is 13.5. The molecule has 5 fully saturated rings. The minimum atomic E-state index is -0.206. The Labute approximate surface area is 162 Å². The third kappa shape index (κ3) is 2.97. The molecule has 4 nitrogen and oxygen atoms in total. The molecule has 1 aromatic rings. The van der Waals surface area contributed by atoms with Crippen LogP contribution in [0.25, 0.3) is 0 Å². The highest BCUT2D eigenvalue weighted by Gasteiger charge is 2.55. The van der Waals surface area contributed by atoms with E-state index in [1.165, 1.54) is 19.3 Å². The Morgan fingerprint density at radius 3 is 2.04 bits per heavy atom. The van der Waals surface area contributed by atoms with Crippen molar-refractivity contribution in [2.75, 3.05) is 26.2 Å². The number of benzene rings is 1. The number of nitriles is 1. The summed E-state index contributed by atoms with van der Waals surface area (Å²) in [5.41, 5.74) is 1.02. The summed E-state index contributed by atoms with van der Waals surface area (Å²) >= 11 is 0. The molecule has 1 saturated heterocycles. The Morgan fingerprint density at radius 1 is 0.963 bits per heavy atom. The summed E-state index contributed by atoms with van der Waals surface area (Å²) in [5.74, 6) is 2.86. The highest BCUT2D eigenvalue weighted by atomic mass is 16.2. The predicted octanol–water partition coefficient (Wildman–Crippen LogP) is 3.61. The van der Waals surface area contributed by atoms with Crippen LogP contribution in [-0.2, 0) is 4.79 Å². The SMILES string of the molecule is N#C[C@H](c1ccccc1)N1CCN(C(=O)C23CC4CC(CC(C4)C2)C3)CC1. The first-order chi connectivity index (χ1) is 13.2. The molecule has 1 amide bonds. The van der Waals surface area contributed by atoms with Crippen molar-refractivity contribution in [1.29, 1.82) is 5.26 Å². The molecule has 4 bridgehead atoms. The van der Waals surface area contributed by atoms with Crippen LogP contribution in [0.4, 0.5) is 0 Å². The largest absolute Gasteiger partial charge is 0.340 e. The zero-order chi connectivity index (χ0) is 18.4. The van der Waals surface area contributed by atoms with Crippen molar-refractivity contribution in [1.82, 2.24) is 9.80 Å². The lowest BCUT2D eigenvalue weighted by Gasteiger charge is -2.57. The fourth-order valence-corrected chi connectivity index (χ4v) is 6.89. The Kier molecular flexibility index (Phi) is 4.24. The van der Waals surface area contributed by atoms with E-state index < -0.39 is 0 Å². The highest BCUT2D eigenvalue weighted by molar-refractivity contribution is 5.83. The van der Waals surface area contributed by atoms with Crippen LogP contribution in [-0.4, -0.2) is 41.9 Å². The smallest absolute Gasteiger partial charge is 0.228 e. The number of hydrogen-bond donors (Lipinski definition) is 0. The minimum absolute atomic E-state index is 0.0367. The molecule has 0 aromatic heterocycles.